The van der Waals surface area contributed by atoms with Gasteiger partial charge in [0.1, 0.15) is 5.60 Å². The number of hydrogen-bond acceptors (Lipinski definition) is 2. The Kier molecular flexibility index (Phi) is 9.37. The molecule has 0 bridgehead atoms. The summed E-state index contributed by atoms with van der Waals surface area (Å²) in [5.74, 6) is 0. The van der Waals surface area contributed by atoms with E-state index in [9.17, 15) is 4.79 Å². The maximum Gasteiger partial charge on any atom is 1.00 e. The van der Waals surface area contributed by atoms with Crippen molar-refractivity contribution in [1.82, 2.24) is 0 Å². The number of benzene rings is 3. The van der Waals surface area contributed by atoms with Crippen LogP contribution in [0.25, 0.3) is 11.1 Å². The molecule has 3 aromatic carbocycles. The molecule has 1 N–H and O–H groups in total. The van der Waals surface area contributed by atoms with Gasteiger partial charge in [-0.1, -0.05) is 85.5 Å². The van der Waals surface area contributed by atoms with Gasteiger partial charge in [-0.25, -0.2) is 4.79 Å². The van der Waals surface area contributed by atoms with Crippen LogP contribution in [0.15, 0.2) is 85.5 Å². The molecule has 3 aromatic rings. The standard InChI is InChI=1S/C28H32NO2Si.Li/c1-6-7-21-32(4,5)26-19-17-25(18-20-26)29-27(30)31-28(2,3)24-15-13-23(14-16-24)22-11-9-8-10-12-22;/h6,8-17,19-20H,1,7,21H2,2-5H3,(H,29,30);/q-1;+1. The number of nitrogens with one attached hydrogen (secondary N) is 1. The molecule has 0 aliphatic heterocycles. The van der Waals surface area contributed by atoms with Gasteiger partial charge in [0.15, 0.2) is 0 Å². The summed E-state index contributed by atoms with van der Waals surface area (Å²) in [5.41, 5.74) is 3.07. The molecule has 0 spiro atoms. The predicted molar refractivity (Wildman–Crippen MR) is 137 cm³/mol. The van der Waals surface area contributed by atoms with Crippen molar-refractivity contribution in [3.8, 4) is 11.1 Å². The Morgan fingerprint density at radius 2 is 1.67 bits per heavy atom. The summed E-state index contributed by atoms with van der Waals surface area (Å²) in [4.78, 5) is 12.6. The van der Waals surface area contributed by atoms with Crippen LogP contribution in [0.2, 0.25) is 19.1 Å². The van der Waals surface area contributed by atoms with Crippen LogP contribution in [0.3, 0.4) is 0 Å². The number of hydrogen-bond donors (Lipinski definition) is 1. The Labute approximate surface area is 211 Å². The van der Waals surface area contributed by atoms with Gasteiger partial charge in [0.05, 0.1) is 0 Å². The molecular formula is C28H32LiNO2Si. The first-order valence-corrected chi connectivity index (χ1v) is 14.2. The van der Waals surface area contributed by atoms with E-state index < -0.39 is 19.8 Å². The molecule has 0 saturated carbocycles. The van der Waals surface area contributed by atoms with Gasteiger partial charge in [0, 0.05) is 8.07 Å². The van der Waals surface area contributed by atoms with Crippen LogP contribution in [0.1, 0.15) is 25.8 Å². The fourth-order valence-corrected chi connectivity index (χ4v) is 5.86. The molecule has 1 amide bonds. The Bertz CT molecular complexity index is 1050. The molecule has 0 saturated heterocycles. The van der Waals surface area contributed by atoms with Crippen LogP contribution < -0.4 is 29.4 Å². The van der Waals surface area contributed by atoms with E-state index in [2.05, 4.69) is 61.4 Å². The molecule has 0 radical (unpaired) electrons. The third kappa shape index (κ3) is 7.23. The minimum Gasteiger partial charge on any atom is -0.438 e. The van der Waals surface area contributed by atoms with Gasteiger partial charge in [0.2, 0.25) is 0 Å². The molecule has 33 heavy (non-hydrogen) atoms. The molecule has 0 aliphatic carbocycles. The van der Waals surface area contributed by atoms with Crippen molar-refractivity contribution >= 4 is 25.0 Å². The van der Waals surface area contributed by atoms with Crippen LogP contribution in [0, 0.1) is 6.07 Å². The number of amides is 1. The summed E-state index contributed by atoms with van der Waals surface area (Å²) in [6.45, 7) is 12.3. The normalized spacial score (nSPS) is 11.3. The third-order valence-corrected chi connectivity index (χ3v) is 9.25. The molecular weight excluding hydrogens is 417 g/mol. The van der Waals surface area contributed by atoms with Gasteiger partial charge >= 0.3 is 25.0 Å². The van der Waals surface area contributed by atoms with E-state index in [-0.39, 0.29) is 18.9 Å². The van der Waals surface area contributed by atoms with E-state index in [0.717, 1.165) is 29.2 Å². The summed E-state index contributed by atoms with van der Waals surface area (Å²) in [6, 6.07) is 28.7. The second kappa shape index (κ2) is 11.6. The molecule has 5 heteroatoms. The van der Waals surface area contributed by atoms with Crippen molar-refractivity contribution in [2.45, 2.75) is 45.0 Å². The van der Waals surface area contributed by atoms with Gasteiger partial charge in [-0.05, 0) is 37.0 Å². The SMILES string of the molecule is C=CCC[Si](C)(C)c1c[c-]c(NC(=O)OC(C)(C)c2ccc(-c3ccccc3)cc2)cc1.[Li+]. The fraction of sp³-hybridized carbons (Fsp3) is 0.250. The number of allylic oxidation sites excluding steroid dienone is 1. The Balaban J connectivity index is 0.00000385. The van der Waals surface area contributed by atoms with Crippen LogP contribution in [-0.2, 0) is 10.3 Å². The van der Waals surface area contributed by atoms with E-state index in [1.54, 1.807) is 0 Å². The molecule has 166 valence electrons. The number of carbonyl (C=O) groups excluding carboxylic acids is 1. The van der Waals surface area contributed by atoms with Crippen LogP contribution in [0.5, 0.6) is 0 Å². The summed E-state index contributed by atoms with van der Waals surface area (Å²) in [7, 11) is -1.52. The minimum atomic E-state index is -1.52. The maximum absolute atomic E-state index is 12.6. The molecule has 0 unspecified atom stereocenters. The second-order valence-corrected chi connectivity index (χ2v) is 14.0. The van der Waals surface area contributed by atoms with Crippen LogP contribution in [0.4, 0.5) is 10.5 Å². The number of rotatable bonds is 8. The van der Waals surface area contributed by atoms with E-state index in [4.69, 9.17) is 4.74 Å². The van der Waals surface area contributed by atoms with E-state index >= 15 is 0 Å². The van der Waals surface area contributed by atoms with Gasteiger partial charge in [-0.3, -0.25) is 0 Å². The zero-order chi connectivity index (χ0) is 23.2. The number of carbonyl (C=O) groups is 1. The quantitative estimate of drug-likeness (QED) is 0.319. The molecule has 0 heterocycles. The first kappa shape index (κ1) is 26.7. The van der Waals surface area contributed by atoms with E-state index in [1.807, 2.05) is 62.4 Å². The summed E-state index contributed by atoms with van der Waals surface area (Å²) in [6.07, 6.45) is 2.50. The van der Waals surface area contributed by atoms with Gasteiger partial charge in [-0.15, -0.1) is 12.6 Å². The first-order valence-electron chi connectivity index (χ1n) is 11.0. The van der Waals surface area contributed by atoms with Gasteiger partial charge in [0.25, 0.3) is 0 Å². The van der Waals surface area contributed by atoms with Crippen molar-refractivity contribution in [3.05, 3.63) is 97.1 Å². The molecule has 0 atom stereocenters. The van der Waals surface area contributed by atoms with Crippen molar-refractivity contribution in [2.75, 3.05) is 5.32 Å². The molecule has 0 fully saturated rings. The van der Waals surface area contributed by atoms with Crippen LogP contribution >= 0.6 is 0 Å². The average Bonchev–Trinajstić information content (AvgIpc) is 2.78. The minimum absolute atomic E-state index is 0. The predicted octanol–water partition coefficient (Wildman–Crippen LogP) is 4.13. The van der Waals surface area contributed by atoms with Crippen molar-refractivity contribution in [3.63, 3.8) is 0 Å². The monoisotopic (exact) mass is 449 g/mol. The largest absolute Gasteiger partial charge is 1.00 e. The van der Waals surface area contributed by atoms with E-state index in [0.29, 0.717) is 5.69 Å². The number of ether oxygens (including phenoxy) is 1. The van der Waals surface area contributed by atoms with Crippen molar-refractivity contribution < 1.29 is 28.4 Å². The molecule has 3 rings (SSSR count). The van der Waals surface area contributed by atoms with Crippen LogP contribution in [-0.4, -0.2) is 14.2 Å². The topological polar surface area (TPSA) is 38.3 Å². The first-order chi connectivity index (χ1) is 15.2. The zero-order valence-electron chi connectivity index (χ0n) is 20.4. The Morgan fingerprint density at radius 1 is 1.03 bits per heavy atom. The maximum atomic E-state index is 12.6. The summed E-state index contributed by atoms with van der Waals surface area (Å²) < 4.78 is 5.75. The molecule has 3 nitrogen and oxygen atoms in total. The zero-order valence-corrected chi connectivity index (χ0v) is 21.4. The summed E-state index contributed by atoms with van der Waals surface area (Å²) >= 11 is 0. The smallest absolute Gasteiger partial charge is 0.438 e. The average molecular weight is 450 g/mol. The molecule has 0 aromatic heterocycles. The third-order valence-electron chi connectivity index (χ3n) is 5.84. The number of anilines is 1. The van der Waals surface area contributed by atoms with Crippen molar-refractivity contribution in [2.24, 2.45) is 0 Å². The second-order valence-electron chi connectivity index (χ2n) is 9.17. The van der Waals surface area contributed by atoms with Crippen molar-refractivity contribution in [1.29, 1.82) is 0 Å². The van der Waals surface area contributed by atoms with Gasteiger partial charge in [-0.2, -0.15) is 23.4 Å². The molecule has 0 aliphatic rings. The Morgan fingerprint density at radius 3 is 2.24 bits per heavy atom. The fourth-order valence-electron chi connectivity index (χ4n) is 3.65. The Hall–Kier alpha value is -2.52. The van der Waals surface area contributed by atoms with Gasteiger partial charge < -0.3 is 10.1 Å². The summed E-state index contributed by atoms with van der Waals surface area (Å²) in [5, 5.41) is 4.13. The van der Waals surface area contributed by atoms with E-state index in [1.165, 1.54) is 5.19 Å².